The minimum Gasteiger partial charge on any atom is -0.508 e. The number of pyridine rings is 1. The average Bonchev–Trinajstić information content (AvgIpc) is 2.69. The summed E-state index contributed by atoms with van der Waals surface area (Å²) >= 11 is 0. The Bertz CT molecular complexity index is 1160. The Morgan fingerprint density at radius 1 is 1.00 bits per heavy atom. The lowest BCUT2D eigenvalue weighted by Crippen LogP contribution is -2.46. The molecule has 3 aromatic rings. The van der Waals surface area contributed by atoms with Crippen LogP contribution < -0.4 is 26.6 Å². The fourth-order valence-electron chi connectivity index (χ4n) is 2.48. The van der Waals surface area contributed by atoms with Crippen molar-refractivity contribution in [3.05, 3.63) is 85.3 Å². The zero-order valence-electron chi connectivity index (χ0n) is 15.4. The summed E-state index contributed by atoms with van der Waals surface area (Å²) in [4.78, 5) is 34.0. The third kappa shape index (κ3) is 4.97. The molecule has 0 aliphatic carbocycles. The fourth-order valence-corrected chi connectivity index (χ4v) is 2.48. The van der Waals surface area contributed by atoms with Crippen molar-refractivity contribution in [1.82, 2.24) is 15.0 Å². The minimum atomic E-state index is -0.435. The van der Waals surface area contributed by atoms with E-state index in [1.54, 1.807) is 30.5 Å². The summed E-state index contributed by atoms with van der Waals surface area (Å²) in [5.74, 6) is 0.783. The Balaban J connectivity index is 1.89. The maximum Gasteiger partial charge on any atom is 0.272 e. The molecular formula is C21H21N3O4. The largest absolute Gasteiger partial charge is 0.508 e. The predicted molar refractivity (Wildman–Crippen MR) is 107 cm³/mol. The van der Waals surface area contributed by atoms with Gasteiger partial charge in [-0.05, 0) is 48.4 Å². The summed E-state index contributed by atoms with van der Waals surface area (Å²) in [6.45, 7) is 2.72. The van der Waals surface area contributed by atoms with E-state index in [0.29, 0.717) is 23.6 Å². The molecule has 2 aromatic heterocycles. The van der Waals surface area contributed by atoms with E-state index in [2.05, 4.69) is 21.9 Å². The Morgan fingerprint density at radius 3 is 2.29 bits per heavy atom. The highest BCUT2D eigenvalue weighted by atomic mass is 16.5. The number of H-pyrrole nitrogens is 2. The first-order valence-corrected chi connectivity index (χ1v) is 8.99. The summed E-state index contributed by atoms with van der Waals surface area (Å²) in [5.41, 5.74) is 0.336. The van der Waals surface area contributed by atoms with Gasteiger partial charge >= 0.3 is 0 Å². The van der Waals surface area contributed by atoms with Crippen LogP contribution in [0.3, 0.4) is 0 Å². The van der Waals surface area contributed by atoms with Gasteiger partial charge in [-0.2, -0.15) is 0 Å². The molecule has 0 atom stereocenters. The number of ether oxygens (including phenoxy) is 1. The Hall–Kier alpha value is -3.61. The van der Waals surface area contributed by atoms with E-state index in [1.165, 1.54) is 24.3 Å². The smallest absolute Gasteiger partial charge is 0.272 e. The second-order valence-electron chi connectivity index (χ2n) is 6.24. The van der Waals surface area contributed by atoms with Crippen molar-refractivity contribution >= 4 is 12.2 Å². The number of hydrogen-bond acceptors (Lipinski definition) is 5. The van der Waals surface area contributed by atoms with Gasteiger partial charge in [-0.15, -0.1) is 0 Å². The van der Waals surface area contributed by atoms with Crippen molar-refractivity contribution in [3.8, 4) is 11.5 Å². The maximum atomic E-state index is 12.3. The van der Waals surface area contributed by atoms with Gasteiger partial charge in [0, 0.05) is 0 Å². The fraction of sp³-hybridized carbons (Fsp3) is 0.190. The highest BCUT2D eigenvalue weighted by molar-refractivity contribution is 5.49. The summed E-state index contributed by atoms with van der Waals surface area (Å²) < 4.78 is 5.55. The van der Waals surface area contributed by atoms with Gasteiger partial charge in [-0.1, -0.05) is 25.5 Å². The predicted octanol–water partition coefficient (Wildman–Crippen LogP) is 1.00. The Labute approximate surface area is 160 Å². The van der Waals surface area contributed by atoms with E-state index >= 15 is 0 Å². The summed E-state index contributed by atoms with van der Waals surface area (Å²) in [6.07, 6.45) is 6.64. The third-order valence-electron chi connectivity index (χ3n) is 4.01. The first-order chi connectivity index (χ1) is 13.5. The van der Waals surface area contributed by atoms with Crippen LogP contribution in [-0.2, 0) is 0 Å². The molecule has 0 aliphatic rings. The van der Waals surface area contributed by atoms with Crippen molar-refractivity contribution in [2.75, 3.05) is 6.61 Å². The molecule has 0 saturated carbocycles. The standard InChI is InChI=1S/C21H21N3O4/c1-2-3-10-28-17-9-6-15(22-13-17)12-19-21(27)23-18(20(26)24-19)11-14-4-7-16(25)8-5-14/h4-9,11-13,25H,2-3,10H2,1H3,(H,23,27)(H,24,26)/b18-11+,19-12+. The molecule has 0 radical (unpaired) electrons. The first kappa shape index (κ1) is 19.2. The summed E-state index contributed by atoms with van der Waals surface area (Å²) in [6, 6.07) is 9.77. The van der Waals surface area contributed by atoms with Crippen LogP contribution in [-0.4, -0.2) is 26.7 Å². The van der Waals surface area contributed by atoms with Gasteiger partial charge in [0.15, 0.2) is 0 Å². The summed E-state index contributed by atoms with van der Waals surface area (Å²) in [5, 5.41) is 9.55. The summed E-state index contributed by atoms with van der Waals surface area (Å²) in [7, 11) is 0. The number of aromatic nitrogens is 3. The van der Waals surface area contributed by atoms with Crippen molar-refractivity contribution < 1.29 is 9.84 Å². The zero-order valence-corrected chi connectivity index (χ0v) is 15.4. The molecule has 0 unspecified atom stereocenters. The van der Waals surface area contributed by atoms with Gasteiger partial charge < -0.3 is 19.8 Å². The molecule has 2 heterocycles. The second kappa shape index (κ2) is 8.85. The van der Waals surface area contributed by atoms with Crippen LogP contribution in [0.1, 0.15) is 31.0 Å². The number of aromatic hydroxyl groups is 1. The molecule has 144 valence electrons. The van der Waals surface area contributed by atoms with Crippen LogP contribution in [0.4, 0.5) is 0 Å². The van der Waals surface area contributed by atoms with Crippen molar-refractivity contribution in [1.29, 1.82) is 0 Å². The molecule has 0 spiro atoms. The molecule has 1 aromatic carbocycles. The van der Waals surface area contributed by atoms with Crippen molar-refractivity contribution in [2.24, 2.45) is 0 Å². The molecular weight excluding hydrogens is 358 g/mol. The number of nitrogens with zero attached hydrogens (tertiary/aromatic N) is 1. The number of phenols is 1. The highest BCUT2D eigenvalue weighted by Gasteiger charge is 1.99. The zero-order chi connectivity index (χ0) is 19.9. The molecule has 7 heteroatoms. The Kier molecular flexibility index (Phi) is 6.06. The number of nitrogens with one attached hydrogen (secondary N) is 2. The topological polar surface area (TPSA) is 108 Å². The van der Waals surface area contributed by atoms with Crippen LogP contribution >= 0.6 is 0 Å². The third-order valence-corrected chi connectivity index (χ3v) is 4.01. The number of phenolic OH excluding ortho intramolecular Hbond substituents is 1. The van der Waals surface area contributed by atoms with E-state index in [9.17, 15) is 14.7 Å². The van der Waals surface area contributed by atoms with Gasteiger partial charge in [0.05, 0.1) is 18.5 Å². The molecule has 0 aliphatic heterocycles. The van der Waals surface area contributed by atoms with Crippen molar-refractivity contribution in [3.63, 3.8) is 0 Å². The van der Waals surface area contributed by atoms with Gasteiger partial charge in [0.2, 0.25) is 0 Å². The average molecular weight is 379 g/mol. The van der Waals surface area contributed by atoms with E-state index in [0.717, 1.165) is 12.8 Å². The molecule has 0 saturated heterocycles. The highest BCUT2D eigenvalue weighted by Crippen LogP contribution is 2.10. The van der Waals surface area contributed by atoms with Crippen LogP contribution in [0, 0.1) is 0 Å². The van der Waals surface area contributed by atoms with Gasteiger partial charge in [-0.3, -0.25) is 14.6 Å². The quantitative estimate of drug-likeness (QED) is 0.554. The SMILES string of the molecule is CCCCOc1ccc(/C=c2/[nH]c(=O)/c(=C\c3ccc(O)cc3)[nH]c2=O)nc1. The lowest BCUT2D eigenvalue weighted by Gasteiger charge is -2.04. The molecule has 0 fully saturated rings. The number of hydrogen-bond donors (Lipinski definition) is 3. The van der Waals surface area contributed by atoms with E-state index in [4.69, 9.17) is 4.74 Å². The first-order valence-electron chi connectivity index (χ1n) is 8.99. The second-order valence-corrected chi connectivity index (χ2v) is 6.24. The number of rotatable bonds is 6. The number of aromatic amines is 2. The monoisotopic (exact) mass is 379 g/mol. The van der Waals surface area contributed by atoms with Crippen LogP contribution in [0.15, 0.2) is 52.2 Å². The van der Waals surface area contributed by atoms with Crippen LogP contribution in [0.25, 0.3) is 12.2 Å². The van der Waals surface area contributed by atoms with Gasteiger partial charge in [0.1, 0.15) is 22.2 Å². The molecule has 28 heavy (non-hydrogen) atoms. The lowest BCUT2D eigenvalue weighted by molar-refractivity contribution is 0.308. The Morgan fingerprint density at radius 2 is 1.68 bits per heavy atom. The van der Waals surface area contributed by atoms with Gasteiger partial charge in [-0.25, -0.2) is 0 Å². The molecule has 7 nitrogen and oxygen atoms in total. The lowest BCUT2D eigenvalue weighted by atomic mass is 10.2. The molecule has 3 N–H and O–H groups in total. The van der Waals surface area contributed by atoms with Crippen molar-refractivity contribution in [2.45, 2.75) is 19.8 Å². The van der Waals surface area contributed by atoms with E-state index in [-0.39, 0.29) is 16.4 Å². The number of benzene rings is 1. The van der Waals surface area contributed by atoms with Gasteiger partial charge in [0.25, 0.3) is 11.1 Å². The molecule has 3 rings (SSSR count). The minimum absolute atomic E-state index is 0.111. The normalized spacial score (nSPS) is 12.3. The van der Waals surface area contributed by atoms with E-state index in [1.807, 2.05) is 0 Å². The molecule has 0 amide bonds. The number of unbranched alkanes of at least 4 members (excludes halogenated alkanes) is 1. The molecule has 0 bridgehead atoms. The maximum absolute atomic E-state index is 12.3. The van der Waals surface area contributed by atoms with Crippen LogP contribution in [0.5, 0.6) is 11.5 Å². The van der Waals surface area contributed by atoms with E-state index < -0.39 is 11.1 Å². The van der Waals surface area contributed by atoms with Crippen LogP contribution in [0.2, 0.25) is 0 Å².